The van der Waals surface area contributed by atoms with Crippen molar-refractivity contribution in [1.29, 1.82) is 0 Å². The number of azo groups is 1. The van der Waals surface area contributed by atoms with Gasteiger partial charge in [-0.05, 0) is 54.1 Å². The molecule has 11 heteroatoms. The smallest absolute Gasteiger partial charge is 0.204 e. The summed E-state index contributed by atoms with van der Waals surface area (Å²) in [6.45, 7) is 0. The van der Waals surface area contributed by atoms with E-state index in [9.17, 15) is 9.90 Å². The second-order valence-electron chi connectivity index (χ2n) is 7.88. The van der Waals surface area contributed by atoms with Gasteiger partial charge in [-0.1, -0.05) is 30.3 Å². The molecular weight excluding hydrogens is 522 g/mol. The van der Waals surface area contributed by atoms with E-state index in [0.29, 0.717) is 28.2 Å². The zero-order valence-electron chi connectivity index (χ0n) is 21.1. The Kier molecular flexibility index (Phi) is 9.44. The summed E-state index contributed by atoms with van der Waals surface area (Å²) in [5.41, 5.74) is 13.6. The van der Waals surface area contributed by atoms with Gasteiger partial charge in [-0.3, -0.25) is 4.79 Å². The number of anilines is 2. The lowest BCUT2D eigenvalue weighted by atomic mass is 10.1. The molecule has 0 spiro atoms. The minimum Gasteiger partial charge on any atom is -0.504 e. The number of ether oxygens (including phenoxy) is 2. The quantitative estimate of drug-likeness (QED) is 0.217. The number of nitrogens with zero attached hydrogens (tertiary/aromatic N) is 3. The molecule has 0 radical (unpaired) electrons. The molecule has 5 aromatic rings. The van der Waals surface area contributed by atoms with Gasteiger partial charge < -0.3 is 30.5 Å². The first-order chi connectivity index (χ1) is 18.4. The van der Waals surface area contributed by atoms with E-state index < -0.39 is 0 Å². The van der Waals surface area contributed by atoms with Gasteiger partial charge in [0.25, 0.3) is 0 Å². The number of phenolic OH excluding ortho intramolecular Hbond substituents is 1. The molecule has 0 bridgehead atoms. The third kappa shape index (κ3) is 6.62. The van der Waals surface area contributed by atoms with E-state index in [1.54, 1.807) is 43.5 Å². The molecule has 2 aromatic heterocycles. The third-order valence-corrected chi connectivity index (χ3v) is 5.43. The summed E-state index contributed by atoms with van der Waals surface area (Å²) in [6, 6.07) is 22.8. The van der Waals surface area contributed by atoms with Gasteiger partial charge in [-0.15, -0.1) is 17.5 Å². The van der Waals surface area contributed by atoms with Crippen molar-refractivity contribution in [2.45, 2.75) is 0 Å². The van der Waals surface area contributed by atoms with Gasteiger partial charge in [-0.25, -0.2) is 4.98 Å². The molecule has 0 aliphatic heterocycles. The molecule has 2 heterocycles. The summed E-state index contributed by atoms with van der Waals surface area (Å²) < 4.78 is 15.7. The lowest BCUT2D eigenvalue weighted by Crippen LogP contribution is -2.05. The Balaban J connectivity index is 0.000000220. The molecule has 0 atom stereocenters. The highest BCUT2D eigenvalue weighted by Gasteiger charge is 2.15. The van der Waals surface area contributed by atoms with Crippen LogP contribution in [-0.2, 0) is 0 Å². The molecule has 3 aromatic carbocycles. The van der Waals surface area contributed by atoms with Crippen molar-refractivity contribution in [2.75, 3.05) is 25.7 Å². The zero-order valence-corrected chi connectivity index (χ0v) is 21.9. The van der Waals surface area contributed by atoms with Crippen LogP contribution in [0.3, 0.4) is 0 Å². The number of halogens is 1. The van der Waals surface area contributed by atoms with Crippen LogP contribution >= 0.6 is 12.4 Å². The van der Waals surface area contributed by atoms with Gasteiger partial charge in [0.05, 0.1) is 30.9 Å². The van der Waals surface area contributed by atoms with Crippen LogP contribution in [0.1, 0.15) is 0 Å². The topological polar surface area (TPSA) is 159 Å². The molecule has 0 fully saturated rings. The second-order valence-corrected chi connectivity index (χ2v) is 7.88. The van der Waals surface area contributed by atoms with E-state index >= 15 is 0 Å². The summed E-state index contributed by atoms with van der Waals surface area (Å²) in [5, 5.41) is 18.1. The fraction of sp³-hybridized carbons (Fsp3) is 0.0714. The van der Waals surface area contributed by atoms with Crippen LogP contribution in [-0.4, -0.2) is 24.3 Å². The van der Waals surface area contributed by atoms with E-state index in [2.05, 4.69) is 15.2 Å². The van der Waals surface area contributed by atoms with Crippen LogP contribution in [0.4, 0.5) is 23.0 Å². The van der Waals surface area contributed by atoms with Crippen LogP contribution in [0, 0.1) is 0 Å². The van der Waals surface area contributed by atoms with E-state index in [4.69, 9.17) is 25.4 Å². The third-order valence-electron chi connectivity index (χ3n) is 5.43. The van der Waals surface area contributed by atoms with E-state index in [0.717, 1.165) is 11.3 Å². The number of aromatic hydroxyl groups is 1. The minimum absolute atomic E-state index is 0. The molecule has 200 valence electrons. The second kappa shape index (κ2) is 12.9. The van der Waals surface area contributed by atoms with Crippen molar-refractivity contribution >= 4 is 46.4 Å². The zero-order chi connectivity index (χ0) is 27.1. The Morgan fingerprint density at radius 3 is 2.23 bits per heavy atom. The lowest BCUT2D eigenvalue weighted by molar-refractivity contribution is 0.370. The standard InChI is InChI=1S/C17H14O5.C11H11N5.ClH/c1-20-11-5-3-10(4-6-11)13-9-22-16-12(15(13)19)7-8-14(18)17(16)21-2;12-10-7-6-9(11(13)14-10)16-15-8-4-2-1-3-5-8;/h3-9,18H,1-2H3;1-7H,(H4,12,13,14);1H. The van der Waals surface area contributed by atoms with Gasteiger partial charge in [0.15, 0.2) is 17.2 Å². The number of aromatic nitrogens is 1. The van der Waals surface area contributed by atoms with Crippen LogP contribution in [0.5, 0.6) is 17.2 Å². The average Bonchev–Trinajstić information content (AvgIpc) is 2.94. The van der Waals surface area contributed by atoms with Gasteiger partial charge in [0.2, 0.25) is 11.2 Å². The number of rotatable bonds is 5. The predicted molar refractivity (Wildman–Crippen MR) is 154 cm³/mol. The van der Waals surface area contributed by atoms with E-state index in [1.807, 2.05) is 30.3 Å². The van der Waals surface area contributed by atoms with Crippen molar-refractivity contribution in [1.82, 2.24) is 4.98 Å². The van der Waals surface area contributed by atoms with Gasteiger partial charge in [0, 0.05) is 0 Å². The highest BCUT2D eigenvalue weighted by atomic mass is 35.5. The number of hydrogen-bond acceptors (Lipinski definition) is 10. The Morgan fingerprint density at radius 2 is 1.59 bits per heavy atom. The molecule has 10 nitrogen and oxygen atoms in total. The van der Waals surface area contributed by atoms with Crippen LogP contribution in [0.25, 0.3) is 22.1 Å². The Labute approximate surface area is 230 Å². The summed E-state index contributed by atoms with van der Waals surface area (Å²) in [4.78, 5) is 16.5. The fourth-order valence-corrected chi connectivity index (χ4v) is 3.51. The minimum atomic E-state index is -0.190. The fourth-order valence-electron chi connectivity index (χ4n) is 3.51. The Hall–Kier alpha value is -5.09. The first kappa shape index (κ1) is 28.5. The molecule has 0 aliphatic rings. The summed E-state index contributed by atoms with van der Waals surface area (Å²) in [5.74, 6) is 1.43. The molecule has 0 aliphatic carbocycles. The summed E-state index contributed by atoms with van der Waals surface area (Å²) in [6.07, 6.45) is 1.37. The van der Waals surface area contributed by atoms with Crippen molar-refractivity contribution in [3.05, 3.63) is 95.3 Å². The maximum Gasteiger partial charge on any atom is 0.204 e. The summed E-state index contributed by atoms with van der Waals surface area (Å²) >= 11 is 0. The number of fused-ring (bicyclic) bond motifs is 1. The number of methoxy groups -OCH3 is 2. The number of benzene rings is 3. The average molecular weight is 548 g/mol. The first-order valence-electron chi connectivity index (χ1n) is 11.4. The molecule has 5 rings (SSSR count). The van der Waals surface area contributed by atoms with Crippen molar-refractivity contribution < 1.29 is 19.0 Å². The predicted octanol–water partition coefficient (Wildman–Crippen LogP) is 6.27. The summed E-state index contributed by atoms with van der Waals surface area (Å²) in [7, 11) is 2.99. The molecule has 0 saturated heterocycles. The van der Waals surface area contributed by atoms with Crippen LogP contribution in [0.2, 0.25) is 0 Å². The molecule has 5 N–H and O–H groups in total. The molecule has 0 unspecified atom stereocenters. The SMILES string of the molecule is COc1ccc(-c2coc3c(OC)c(O)ccc3c2=O)cc1.Cl.Nc1ccc(N=Nc2ccccc2)c(N)n1. The molecular formula is C28H26ClN5O5. The molecule has 0 amide bonds. The number of pyridine rings is 1. The first-order valence-corrected chi connectivity index (χ1v) is 11.4. The van der Waals surface area contributed by atoms with Crippen LogP contribution < -0.4 is 26.4 Å². The van der Waals surface area contributed by atoms with Crippen LogP contribution in [0.15, 0.2) is 105 Å². The number of phenols is 1. The van der Waals surface area contributed by atoms with Gasteiger partial charge in [-0.2, -0.15) is 5.11 Å². The van der Waals surface area contributed by atoms with Crippen molar-refractivity contribution in [3.63, 3.8) is 0 Å². The molecule has 0 saturated carbocycles. The normalized spacial score (nSPS) is 10.4. The maximum absolute atomic E-state index is 12.6. The maximum atomic E-state index is 12.6. The number of hydrogen-bond donors (Lipinski definition) is 3. The lowest BCUT2D eigenvalue weighted by Gasteiger charge is -2.08. The number of nitrogen functional groups attached to an aromatic ring is 2. The van der Waals surface area contributed by atoms with Gasteiger partial charge in [0.1, 0.15) is 23.5 Å². The largest absolute Gasteiger partial charge is 0.504 e. The Morgan fingerprint density at radius 1 is 0.872 bits per heavy atom. The highest BCUT2D eigenvalue weighted by Crippen LogP contribution is 2.34. The van der Waals surface area contributed by atoms with Gasteiger partial charge >= 0.3 is 0 Å². The molecule has 39 heavy (non-hydrogen) atoms. The van der Waals surface area contributed by atoms with E-state index in [1.165, 1.54) is 25.5 Å². The van der Waals surface area contributed by atoms with E-state index in [-0.39, 0.29) is 40.7 Å². The Bertz CT molecular complexity index is 1640. The number of nitrogens with two attached hydrogens (primary N) is 2. The van der Waals surface area contributed by atoms with Crippen molar-refractivity contribution in [3.8, 4) is 28.4 Å². The monoisotopic (exact) mass is 547 g/mol. The highest BCUT2D eigenvalue weighted by molar-refractivity contribution is 5.88. The van der Waals surface area contributed by atoms with Crippen molar-refractivity contribution in [2.24, 2.45) is 10.2 Å².